The van der Waals surface area contributed by atoms with E-state index in [0.717, 1.165) is 31.1 Å². The van der Waals surface area contributed by atoms with E-state index < -0.39 is 0 Å². The van der Waals surface area contributed by atoms with Gasteiger partial charge in [0.15, 0.2) is 0 Å². The highest BCUT2D eigenvalue weighted by atomic mass is 16.2. The van der Waals surface area contributed by atoms with Crippen molar-refractivity contribution < 1.29 is 4.79 Å². The van der Waals surface area contributed by atoms with Crippen LogP contribution in [0.25, 0.3) is 11.1 Å². The average Bonchev–Trinajstić information content (AvgIpc) is 3.40. The number of likely N-dealkylation sites (tertiary alicyclic amines) is 1. The molecule has 1 heterocycles. The van der Waals surface area contributed by atoms with Crippen LogP contribution in [-0.2, 0) is 11.2 Å². The van der Waals surface area contributed by atoms with Crippen LogP contribution in [0.1, 0.15) is 37.7 Å². The van der Waals surface area contributed by atoms with Gasteiger partial charge in [0.1, 0.15) is 0 Å². The molecule has 4 rings (SSSR count). The van der Waals surface area contributed by atoms with E-state index in [1.54, 1.807) is 0 Å². The molecule has 27 heavy (non-hydrogen) atoms. The molecule has 1 saturated carbocycles. The van der Waals surface area contributed by atoms with Crippen LogP contribution in [0, 0.1) is 0 Å². The van der Waals surface area contributed by atoms with Gasteiger partial charge in [0.2, 0.25) is 5.91 Å². The van der Waals surface area contributed by atoms with E-state index in [-0.39, 0.29) is 5.91 Å². The lowest BCUT2D eigenvalue weighted by Crippen LogP contribution is -2.41. The van der Waals surface area contributed by atoms with Gasteiger partial charge in [0, 0.05) is 32.2 Å². The van der Waals surface area contributed by atoms with Crippen molar-refractivity contribution in [3.05, 3.63) is 60.2 Å². The Bertz CT molecular complexity index is 750. The number of hydrogen-bond acceptors (Lipinski definition) is 2. The van der Waals surface area contributed by atoms with Crippen molar-refractivity contribution in [2.45, 2.75) is 50.6 Å². The zero-order valence-electron chi connectivity index (χ0n) is 16.3. The average molecular weight is 363 g/mol. The standard InChI is InChI=1S/C24H30N2O/c1-25(23-15-16-26(18-23)22-9-5-6-10-22)24(27)17-19-11-13-21(14-12-19)20-7-3-2-4-8-20/h2-4,7-8,11-14,22-23H,5-6,9-10,15-18H2,1H3. The van der Waals surface area contributed by atoms with Crippen LogP contribution in [0.3, 0.4) is 0 Å². The normalized spacial score (nSPS) is 20.9. The number of amides is 1. The summed E-state index contributed by atoms with van der Waals surface area (Å²) in [4.78, 5) is 17.4. The Morgan fingerprint density at radius 1 is 0.963 bits per heavy atom. The number of rotatable bonds is 5. The fourth-order valence-corrected chi connectivity index (χ4v) is 4.63. The Labute approximate surface area is 163 Å². The molecule has 1 unspecified atom stereocenters. The van der Waals surface area contributed by atoms with Crippen LogP contribution in [0.4, 0.5) is 0 Å². The molecule has 1 amide bonds. The molecule has 1 aliphatic heterocycles. The van der Waals surface area contributed by atoms with Gasteiger partial charge in [-0.25, -0.2) is 0 Å². The van der Waals surface area contributed by atoms with Gasteiger partial charge in [0.05, 0.1) is 6.42 Å². The van der Waals surface area contributed by atoms with Crippen LogP contribution in [0.2, 0.25) is 0 Å². The van der Waals surface area contributed by atoms with Gasteiger partial charge in [-0.2, -0.15) is 0 Å². The van der Waals surface area contributed by atoms with Gasteiger partial charge in [-0.3, -0.25) is 9.69 Å². The third-order valence-corrected chi connectivity index (χ3v) is 6.39. The number of nitrogens with zero attached hydrogens (tertiary/aromatic N) is 2. The Kier molecular flexibility index (Phi) is 5.58. The molecule has 3 nitrogen and oxygen atoms in total. The molecule has 0 aromatic heterocycles. The fraction of sp³-hybridized carbons (Fsp3) is 0.458. The van der Waals surface area contributed by atoms with Gasteiger partial charge >= 0.3 is 0 Å². The Balaban J connectivity index is 1.33. The molecule has 2 aromatic rings. The minimum Gasteiger partial charge on any atom is -0.341 e. The molecule has 2 aliphatic rings. The van der Waals surface area contributed by atoms with Crippen LogP contribution in [-0.4, -0.2) is 47.9 Å². The minimum atomic E-state index is 0.237. The summed E-state index contributed by atoms with van der Waals surface area (Å²) in [5, 5.41) is 0. The zero-order valence-corrected chi connectivity index (χ0v) is 16.3. The lowest BCUT2D eigenvalue weighted by molar-refractivity contribution is -0.131. The number of carbonyl (C=O) groups excluding carboxylic acids is 1. The Morgan fingerprint density at radius 3 is 2.33 bits per heavy atom. The van der Waals surface area contributed by atoms with Gasteiger partial charge in [-0.05, 0) is 36.0 Å². The predicted molar refractivity (Wildman–Crippen MR) is 111 cm³/mol. The maximum absolute atomic E-state index is 12.8. The van der Waals surface area contributed by atoms with Gasteiger partial charge in [-0.1, -0.05) is 67.4 Å². The highest BCUT2D eigenvalue weighted by molar-refractivity contribution is 5.79. The summed E-state index contributed by atoms with van der Waals surface area (Å²) >= 11 is 0. The zero-order chi connectivity index (χ0) is 18.6. The summed E-state index contributed by atoms with van der Waals surface area (Å²) in [5.41, 5.74) is 3.51. The molecule has 1 atom stereocenters. The summed E-state index contributed by atoms with van der Waals surface area (Å²) in [6.45, 7) is 2.21. The third-order valence-electron chi connectivity index (χ3n) is 6.39. The quantitative estimate of drug-likeness (QED) is 0.788. The van der Waals surface area contributed by atoms with E-state index in [9.17, 15) is 4.79 Å². The third kappa shape index (κ3) is 4.24. The van der Waals surface area contributed by atoms with E-state index in [1.165, 1.54) is 36.8 Å². The van der Waals surface area contributed by atoms with E-state index in [2.05, 4.69) is 53.4 Å². The molecule has 0 N–H and O–H groups in total. The minimum absolute atomic E-state index is 0.237. The number of hydrogen-bond donors (Lipinski definition) is 0. The molecule has 1 aliphatic carbocycles. The molecule has 0 spiro atoms. The number of carbonyl (C=O) groups is 1. The lowest BCUT2D eigenvalue weighted by Gasteiger charge is -2.27. The highest BCUT2D eigenvalue weighted by Crippen LogP contribution is 2.28. The summed E-state index contributed by atoms with van der Waals surface area (Å²) in [5.74, 6) is 0.237. The first-order valence-corrected chi connectivity index (χ1v) is 10.3. The van der Waals surface area contributed by atoms with Crippen LogP contribution in [0.5, 0.6) is 0 Å². The van der Waals surface area contributed by atoms with Gasteiger partial charge in [-0.15, -0.1) is 0 Å². The maximum Gasteiger partial charge on any atom is 0.227 e. The SMILES string of the molecule is CN(C(=O)Cc1ccc(-c2ccccc2)cc1)C1CCN(C2CCCC2)C1. The molecular formula is C24H30N2O. The van der Waals surface area contributed by atoms with E-state index >= 15 is 0 Å². The topological polar surface area (TPSA) is 23.6 Å². The Morgan fingerprint density at radius 2 is 1.63 bits per heavy atom. The lowest BCUT2D eigenvalue weighted by atomic mass is 10.0. The maximum atomic E-state index is 12.8. The largest absolute Gasteiger partial charge is 0.341 e. The predicted octanol–water partition coefficient (Wildman–Crippen LogP) is 4.37. The smallest absolute Gasteiger partial charge is 0.227 e. The van der Waals surface area contributed by atoms with Crippen LogP contribution in [0.15, 0.2) is 54.6 Å². The summed E-state index contributed by atoms with van der Waals surface area (Å²) in [7, 11) is 1.99. The molecule has 142 valence electrons. The molecule has 2 aromatic carbocycles. The molecule has 2 fully saturated rings. The summed E-state index contributed by atoms with van der Waals surface area (Å²) < 4.78 is 0. The number of likely N-dealkylation sites (N-methyl/N-ethyl adjacent to an activating group) is 1. The van der Waals surface area contributed by atoms with E-state index in [4.69, 9.17) is 0 Å². The van der Waals surface area contributed by atoms with Crippen molar-refractivity contribution in [3.63, 3.8) is 0 Å². The van der Waals surface area contributed by atoms with Crippen LogP contribution >= 0.6 is 0 Å². The first kappa shape index (κ1) is 18.2. The Hall–Kier alpha value is -2.13. The summed E-state index contributed by atoms with van der Waals surface area (Å²) in [6.07, 6.45) is 7.05. The molecule has 0 bridgehead atoms. The van der Waals surface area contributed by atoms with Crippen molar-refractivity contribution in [2.24, 2.45) is 0 Å². The number of benzene rings is 2. The molecular weight excluding hydrogens is 332 g/mol. The fourth-order valence-electron chi connectivity index (χ4n) is 4.63. The van der Waals surface area contributed by atoms with Gasteiger partial charge in [0.25, 0.3) is 0 Å². The van der Waals surface area contributed by atoms with Crippen molar-refractivity contribution in [3.8, 4) is 11.1 Å². The van der Waals surface area contributed by atoms with Crippen LogP contribution < -0.4 is 0 Å². The van der Waals surface area contributed by atoms with Gasteiger partial charge < -0.3 is 4.90 Å². The second kappa shape index (κ2) is 8.26. The van der Waals surface area contributed by atoms with Crippen molar-refractivity contribution in [1.82, 2.24) is 9.80 Å². The second-order valence-electron chi connectivity index (χ2n) is 8.12. The monoisotopic (exact) mass is 362 g/mol. The van der Waals surface area contributed by atoms with E-state index in [1.807, 2.05) is 18.0 Å². The molecule has 0 radical (unpaired) electrons. The van der Waals surface area contributed by atoms with Crippen molar-refractivity contribution >= 4 is 5.91 Å². The molecule has 3 heteroatoms. The van der Waals surface area contributed by atoms with E-state index in [0.29, 0.717) is 12.5 Å². The first-order chi connectivity index (χ1) is 13.2. The van der Waals surface area contributed by atoms with Crippen molar-refractivity contribution in [1.29, 1.82) is 0 Å². The second-order valence-corrected chi connectivity index (χ2v) is 8.12. The molecule has 1 saturated heterocycles. The first-order valence-electron chi connectivity index (χ1n) is 10.3. The summed E-state index contributed by atoms with van der Waals surface area (Å²) in [6, 6.07) is 19.9. The highest BCUT2D eigenvalue weighted by Gasteiger charge is 2.33. The van der Waals surface area contributed by atoms with Crippen molar-refractivity contribution in [2.75, 3.05) is 20.1 Å².